The van der Waals surface area contributed by atoms with Gasteiger partial charge in [-0.05, 0) is 0 Å². The van der Waals surface area contributed by atoms with Crippen molar-refractivity contribution in [2.24, 2.45) is 12.8 Å². The van der Waals surface area contributed by atoms with Crippen LogP contribution in [0.5, 0.6) is 0 Å². The predicted octanol–water partition coefficient (Wildman–Crippen LogP) is -1.02. The Morgan fingerprint density at radius 2 is 2.64 bits per heavy atom. The van der Waals surface area contributed by atoms with Crippen LogP contribution in [0.4, 0.5) is 4.79 Å². The number of nitrogens with zero attached hydrogens (tertiary/aromatic N) is 3. The molecule has 0 unspecified atom stereocenters. The molecule has 0 bridgehead atoms. The highest BCUT2D eigenvalue weighted by atomic mass is 16.2. The molecule has 0 saturated heterocycles. The summed E-state index contributed by atoms with van der Waals surface area (Å²) in [5.74, 6) is 0. The second-order valence-electron chi connectivity index (χ2n) is 2.10. The molecule has 1 aromatic heterocycles. The maximum Gasteiger partial charge on any atom is 0.312 e. The van der Waals surface area contributed by atoms with Gasteiger partial charge in [0.05, 0.1) is 6.54 Å². The summed E-state index contributed by atoms with van der Waals surface area (Å²) in [4.78, 5) is 10.2. The maximum absolute atomic E-state index is 10.2. The summed E-state index contributed by atoms with van der Waals surface area (Å²) in [6.07, 6.45) is 1.70. The summed E-state index contributed by atoms with van der Waals surface area (Å²) in [7, 11) is 1.75. The number of rotatable bonds is 2. The molecular formula is C5H9N5O. The lowest BCUT2D eigenvalue weighted by atomic mass is 10.5. The topological polar surface area (TPSA) is 85.8 Å². The molecule has 0 aliphatic carbocycles. The summed E-state index contributed by atoms with van der Waals surface area (Å²) in [6.45, 7) is 0.323. The second kappa shape index (κ2) is 3.00. The van der Waals surface area contributed by atoms with Crippen LogP contribution in [0.25, 0.3) is 0 Å². The van der Waals surface area contributed by atoms with Gasteiger partial charge >= 0.3 is 6.03 Å². The fourth-order valence-corrected chi connectivity index (χ4v) is 0.654. The van der Waals surface area contributed by atoms with Crippen molar-refractivity contribution < 1.29 is 4.79 Å². The number of aryl methyl sites for hydroxylation is 1. The van der Waals surface area contributed by atoms with Crippen LogP contribution in [-0.2, 0) is 13.6 Å². The summed E-state index contributed by atoms with van der Waals surface area (Å²) in [5, 5.41) is 9.80. The van der Waals surface area contributed by atoms with Gasteiger partial charge in [0.25, 0.3) is 0 Å². The molecular weight excluding hydrogens is 146 g/mol. The summed E-state index contributed by atoms with van der Waals surface area (Å²) < 4.78 is 1.55. The van der Waals surface area contributed by atoms with E-state index >= 15 is 0 Å². The van der Waals surface area contributed by atoms with Gasteiger partial charge in [0.2, 0.25) is 0 Å². The van der Waals surface area contributed by atoms with Crippen LogP contribution in [0.2, 0.25) is 0 Å². The first kappa shape index (κ1) is 7.52. The van der Waals surface area contributed by atoms with Crippen LogP contribution in [0, 0.1) is 0 Å². The van der Waals surface area contributed by atoms with Crippen molar-refractivity contribution in [1.29, 1.82) is 0 Å². The number of nitrogens with two attached hydrogens (primary N) is 1. The molecule has 3 N–H and O–H groups in total. The molecule has 1 aromatic rings. The van der Waals surface area contributed by atoms with Gasteiger partial charge in [-0.1, -0.05) is 5.21 Å². The average molecular weight is 155 g/mol. The van der Waals surface area contributed by atoms with E-state index in [1.54, 1.807) is 17.9 Å². The van der Waals surface area contributed by atoms with Gasteiger partial charge in [-0.3, -0.25) is 4.68 Å². The summed E-state index contributed by atoms with van der Waals surface area (Å²) in [5.41, 5.74) is 5.53. The van der Waals surface area contributed by atoms with E-state index in [0.29, 0.717) is 12.2 Å². The van der Waals surface area contributed by atoms with Gasteiger partial charge in [-0.15, -0.1) is 5.10 Å². The molecule has 0 aromatic carbocycles. The number of amides is 2. The summed E-state index contributed by atoms with van der Waals surface area (Å²) >= 11 is 0. The number of carbonyl (C=O) groups excluding carboxylic acids is 1. The van der Waals surface area contributed by atoms with Crippen molar-refractivity contribution in [2.45, 2.75) is 6.54 Å². The van der Waals surface area contributed by atoms with Crippen LogP contribution >= 0.6 is 0 Å². The van der Waals surface area contributed by atoms with Crippen molar-refractivity contribution in [1.82, 2.24) is 20.3 Å². The molecule has 0 aliphatic rings. The van der Waals surface area contributed by atoms with Gasteiger partial charge < -0.3 is 11.1 Å². The first-order valence-corrected chi connectivity index (χ1v) is 3.07. The Kier molecular flexibility index (Phi) is 2.05. The lowest BCUT2D eigenvalue weighted by molar-refractivity contribution is 0.248. The van der Waals surface area contributed by atoms with E-state index in [-0.39, 0.29) is 0 Å². The quantitative estimate of drug-likeness (QED) is 0.573. The van der Waals surface area contributed by atoms with E-state index in [4.69, 9.17) is 5.73 Å². The van der Waals surface area contributed by atoms with E-state index in [1.165, 1.54) is 0 Å². The fraction of sp³-hybridized carbons (Fsp3) is 0.400. The third-order valence-corrected chi connectivity index (χ3v) is 1.09. The Hall–Kier alpha value is -1.59. The van der Waals surface area contributed by atoms with Crippen LogP contribution in [0.15, 0.2) is 6.20 Å². The predicted molar refractivity (Wildman–Crippen MR) is 37.4 cm³/mol. The van der Waals surface area contributed by atoms with Crippen LogP contribution in [0.3, 0.4) is 0 Å². The molecule has 0 radical (unpaired) electrons. The molecule has 11 heavy (non-hydrogen) atoms. The van der Waals surface area contributed by atoms with E-state index in [1.807, 2.05) is 0 Å². The summed E-state index contributed by atoms with van der Waals surface area (Å²) in [6, 6.07) is -0.560. The first-order valence-electron chi connectivity index (χ1n) is 3.07. The first-order chi connectivity index (χ1) is 5.18. The van der Waals surface area contributed by atoms with E-state index in [9.17, 15) is 4.79 Å². The van der Waals surface area contributed by atoms with Gasteiger partial charge in [-0.25, -0.2) is 4.79 Å². The lowest BCUT2D eigenvalue weighted by Gasteiger charge is -1.94. The number of primary amides is 1. The molecule has 60 valence electrons. The number of hydrogen-bond acceptors (Lipinski definition) is 3. The van der Waals surface area contributed by atoms with Crippen molar-refractivity contribution >= 4 is 6.03 Å². The number of aromatic nitrogens is 3. The van der Waals surface area contributed by atoms with Crippen molar-refractivity contribution in [3.05, 3.63) is 11.9 Å². The Labute approximate surface area is 63.4 Å². The maximum atomic E-state index is 10.2. The van der Waals surface area contributed by atoms with Crippen LogP contribution in [-0.4, -0.2) is 21.0 Å². The van der Waals surface area contributed by atoms with Crippen molar-refractivity contribution in [3.63, 3.8) is 0 Å². The largest absolute Gasteiger partial charge is 0.352 e. The Morgan fingerprint density at radius 3 is 3.09 bits per heavy atom. The van der Waals surface area contributed by atoms with E-state index < -0.39 is 6.03 Å². The van der Waals surface area contributed by atoms with Gasteiger partial charge in [0.1, 0.15) is 5.69 Å². The van der Waals surface area contributed by atoms with Crippen molar-refractivity contribution in [3.8, 4) is 0 Å². The highest BCUT2D eigenvalue weighted by Crippen LogP contribution is 1.88. The number of nitrogens with one attached hydrogen (secondary N) is 1. The third kappa shape index (κ3) is 2.24. The van der Waals surface area contributed by atoms with Crippen LogP contribution in [0.1, 0.15) is 5.69 Å². The number of hydrogen-bond donors (Lipinski definition) is 2. The molecule has 0 spiro atoms. The van der Waals surface area contributed by atoms with E-state index in [2.05, 4.69) is 15.6 Å². The molecule has 6 nitrogen and oxygen atoms in total. The standard InChI is InChI=1S/C5H9N5O/c1-10-3-4(8-9-10)2-7-5(6)11/h3H,2H2,1H3,(H3,6,7,11). The minimum atomic E-state index is -0.560. The Bertz CT molecular complexity index is 255. The molecule has 0 atom stereocenters. The minimum Gasteiger partial charge on any atom is -0.352 e. The second-order valence-corrected chi connectivity index (χ2v) is 2.10. The normalized spacial score (nSPS) is 9.55. The number of carbonyl (C=O) groups is 1. The zero-order chi connectivity index (χ0) is 8.27. The minimum absolute atomic E-state index is 0.323. The Balaban J connectivity index is 2.45. The SMILES string of the molecule is Cn1cc(CNC(N)=O)nn1. The zero-order valence-corrected chi connectivity index (χ0v) is 6.11. The molecule has 6 heteroatoms. The van der Waals surface area contributed by atoms with Crippen LogP contribution < -0.4 is 11.1 Å². The molecule has 2 amide bonds. The zero-order valence-electron chi connectivity index (χ0n) is 6.11. The molecule has 1 heterocycles. The number of urea groups is 1. The highest BCUT2D eigenvalue weighted by molar-refractivity contribution is 5.71. The van der Waals surface area contributed by atoms with Gasteiger partial charge in [0, 0.05) is 13.2 Å². The fourth-order valence-electron chi connectivity index (χ4n) is 0.654. The van der Waals surface area contributed by atoms with Gasteiger partial charge in [-0.2, -0.15) is 0 Å². The third-order valence-electron chi connectivity index (χ3n) is 1.09. The monoisotopic (exact) mass is 155 g/mol. The molecule has 1 rings (SSSR count). The lowest BCUT2D eigenvalue weighted by Crippen LogP contribution is -2.28. The van der Waals surface area contributed by atoms with E-state index in [0.717, 1.165) is 0 Å². The van der Waals surface area contributed by atoms with Crippen molar-refractivity contribution in [2.75, 3.05) is 0 Å². The smallest absolute Gasteiger partial charge is 0.312 e. The van der Waals surface area contributed by atoms with Gasteiger partial charge in [0.15, 0.2) is 0 Å². The highest BCUT2D eigenvalue weighted by Gasteiger charge is 1.97. The molecule has 0 fully saturated rings. The molecule has 0 saturated carbocycles. The Morgan fingerprint density at radius 1 is 1.91 bits per heavy atom. The molecule has 0 aliphatic heterocycles. The average Bonchev–Trinajstić information content (AvgIpc) is 2.31.